The summed E-state index contributed by atoms with van der Waals surface area (Å²) in [5.74, 6) is -0.625. The lowest BCUT2D eigenvalue weighted by atomic mass is 10.0. The highest BCUT2D eigenvalue weighted by atomic mass is 16.5. The molecular formula is C64H107NO5. The Hall–Kier alpha value is -3.74. The summed E-state index contributed by atoms with van der Waals surface area (Å²) in [5, 5.41) is 23.8. The molecule has 6 nitrogen and oxygen atoms in total. The molecule has 0 aromatic heterocycles. The molecule has 1 amide bonds. The van der Waals surface area contributed by atoms with E-state index in [9.17, 15) is 19.8 Å². The number of rotatable bonds is 50. The number of nitrogens with one attached hydrogen (secondary N) is 1. The van der Waals surface area contributed by atoms with Gasteiger partial charge in [0, 0.05) is 12.8 Å². The Labute approximate surface area is 431 Å². The number of unbranched alkanes of at least 4 members (excludes halogenated alkanes) is 19. The third-order valence-corrected chi connectivity index (χ3v) is 12.3. The van der Waals surface area contributed by atoms with Gasteiger partial charge in [0.05, 0.1) is 25.2 Å². The predicted molar refractivity (Wildman–Crippen MR) is 305 cm³/mol. The highest BCUT2D eigenvalue weighted by Gasteiger charge is 2.23. The van der Waals surface area contributed by atoms with Gasteiger partial charge in [-0.05, 0) is 89.9 Å². The average Bonchev–Trinajstić information content (AvgIpc) is 3.35. The van der Waals surface area contributed by atoms with Crippen LogP contribution in [0.25, 0.3) is 0 Å². The molecule has 0 aromatic rings. The van der Waals surface area contributed by atoms with Crippen molar-refractivity contribution < 1.29 is 24.5 Å². The molecule has 0 heterocycles. The molecule has 0 rings (SSSR count). The van der Waals surface area contributed by atoms with Gasteiger partial charge >= 0.3 is 5.97 Å². The van der Waals surface area contributed by atoms with Crippen molar-refractivity contribution in [3.8, 4) is 0 Å². The molecule has 3 N–H and O–H groups in total. The van der Waals surface area contributed by atoms with Gasteiger partial charge in [0.25, 0.3) is 0 Å². The first kappa shape index (κ1) is 66.3. The van der Waals surface area contributed by atoms with Gasteiger partial charge in [-0.2, -0.15) is 0 Å². The molecule has 0 fully saturated rings. The second-order valence-electron chi connectivity index (χ2n) is 18.9. The van der Waals surface area contributed by atoms with E-state index in [4.69, 9.17) is 4.74 Å². The summed E-state index contributed by atoms with van der Waals surface area (Å²) in [6.07, 6.45) is 78.5. The lowest BCUT2D eigenvalue weighted by Crippen LogP contribution is -2.46. The summed E-state index contributed by atoms with van der Waals surface area (Å²) < 4.78 is 5.88. The third-order valence-electron chi connectivity index (χ3n) is 12.3. The molecule has 0 bridgehead atoms. The van der Waals surface area contributed by atoms with Gasteiger partial charge in [0.1, 0.15) is 6.10 Å². The maximum Gasteiger partial charge on any atom is 0.306 e. The van der Waals surface area contributed by atoms with Crippen molar-refractivity contribution in [2.45, 2.75) is 264 Å². The zero-order valence-electron chi connectivity index (χ0n) is 45.4. The van der Waals surface area contributed by atoms with E-state index in [0.29, 0.717) is 19.3 Å². The van der Waals surface area contributed by atoms with Crippen LogP contribution in [0, 0.1) is 0 Å². The Bertz CT molecular complexity index is 1460. The quantitative estimate of drug-likeness (QED) is 0.0321. The zero-order chi connectivity index (χ0) is 50.9. The second-order valence-corrected chi connectivity index (χ2v) is 18.9. The number of aliphatic hydroxyl groups excluding tert-OH is 2. The minimum atomic E-state index is -0.827. The predicted octanol–water partition coefficient (Wildman–Crippen LogP) is 18.0. The van der Waals surface area contributed by atoms with Crippen molar-refractivity contribution in [3.05, 3.63) is 122 Å². The summed E-state index contributed by atoms with van der Waals surface area (Å²) in [6.45, 7) is 6.23. The molecule has 6 heteroatoms. The van der Waals surface area contributed by atoms with E-state index in [2.05, 4.69) is 135 Å². The van der Waals surface area contributed by atoms with Crippen molar-refractivity contribution in [2.24, 2.45) is 0 Å². The number of amides is 1. The van der Waals surface area contributed by atoms with E-state index in [1.165, 1.54) is 89.9 Å². The van der Waals surface area contributed by atoms with Crippen molar-refractivity contribution in [2.75, 3.05) is 6.61 Å². The summed E-state index contributed by atoms with van der Waals surface area (Å²) in [4.78, 5) is 26.2. The highest BCUT2D eigenvalue weighted by molar-refractivity contribution is 5.77. The third kappa shape index (κ3) is 50.6. The van der Waals surface area contributed by atoms with E-state index in [-0.39, 0.29) is 24.9 Å². The van der Waals surface area contributed by atoms with Crippen molar-refractivity contribution in [3.63, 3.8) is 0 Å². The molecule has 0 aliphatic rings. The minimum absolute atomic E-state index is 0.0214. The van der Waals surface area contributed by atoms with E-state index >= 15 is 0 Å². The number of aliphatic hydroxyl groups is 2. The maximum absolute atomic E-state index is 13.3. The monoisotopic (exact) mass is 970 g/mol. The molecule has 0 aliphatic heterocycles. The second kappa shape index (κ2) is 56.2. The fourth-order valence-electron chi connectivity index (χ4n) is 8.01. The van der Waals surface area contributed by atoms with E-state index in [0.717, 1.165) is 109 Å². The lowest BCUT2D eigenvalue weighted by Gasteiger charge is -2.24. The van der Waals surface area contributed by atoms with Crippen molar-refractivity contribution in [1.82, 2.24) is 5.32 Å². The van der Waals surface area contributed by atoms with Gasteiger partial charge in [0.15, 0.2) is 0 Å². The summed E-state index contributed by atoms with van der Waals surface area (Å²) >= 11 is 0. The van der Waals surface area contributed by atoms with Crippen LogP contribution in [0.3, 0.4) is 0 Å². The molecule has 398 valence electrons. The van der Waals surface area contributed by atoms with Crippen LogP contribution in [0.15, 0.2) is 122 Å². The number of hydrogen-bond donors (Lipinski definition) is 3. The van der Waals surface area contributed by atoms with Crippen LogP contribution >= 0.6 is 0 Å². The van der Waals surface area contributed by atoms with Gasteiger partial charge in [-0.15, -0.1) is 0 Å². The number of hydrogen-bond acceptors (Lipinski definition) is 5. The van der Waals surface area contributed by atoms with Crippen LogP contribution in [-0.2, 0) is 14.3 Å². The number of ether oxygens (including phenoxy) is 1. The Balaban J connectivity index is 4.73. The summed E-state index contributed by atoms with van der Waals surface area (Å²) in [5.41, 5.74) is 0. The SMILES string of the molecule is CC/C=C\C/C=C\C/C=C\C/C=C\C/C=C\CCCCCC(=O)OC(C/C=C\C/C=C\C/C=C\C/C=C\C/C=C\CC)CC(=O)NC(CO)C(O)CCCCCCCCCCCCCCCCCCC. The molecule has 70 heavy (non-hydrogen) atoms. The summed E-state index contributed by atoms with van der Waals surface area (Å²) in [7, 11) is 0. The van der Waals surface area contributed by atoms with Gasteiger partial charge in [-0.1, -0.05) is 258 Å². The number of carbonyl (C=O) groups excluding carboxylic acids is 2. The van der Waals surface area contributed by atoms with E-state index in [1.54, 1.807) is 0 Å². The van der Waals surface area contributed by atoms with Crippen LogP contribution < -0.4 is 5.32 Å². The Morgan fingerprint density at radius 1 is 0.443 bits per heavy atom. The molecule has 3 atom stereocenters. The van der Waals surface area contributed by atoms with Crippen LogP contribution in [0.1, 0.15) is 245 Å². The largest absolute Gasteiger partial charge is 0.461 e. The molecule has 0 radical (unpaired) electrons. The standard InChI is InChI=1S/C64H107NO5/c1-4-7-10-13-16-19-22-25-28-30-31-33-36-39-42-45-48-51-54-57-64(69)70-60(55-52-49-46-43-40-37-34-27-24-21-18-15-12-9-6-3)58-63(68)65-61(59-66)62(67)56-53-50-47-44-41-38-35-32-29-26-23-20-17-14-11-8-5-2/h7,9-10,12,16,18-19,21,25,27-28,31,33-34,39-40,42-43,49,52,60-62,66-67H,4-6,8,11,13-15,17,20,22-24,26,29-30,32,35-38,41,44-48,50-51,53-59H2,1-3H3,(H,65,68)/b10-7-,12-9-,19-16-,21-18-,28-25-,33-31-,34-27-,42-39-,43-40-,52-49-. The number of carbonyl (C=O) groups is 2. The maximum atomic E-state index is 13.3. The minimum Gasteiger partial charge on any atom is -0.461 e. The first-order valence-electron chi connectivity index (χ1n) is 28.8. The van der Waals surface area contributed by atoms with Crippen LogP contribution in [0.4, 0.5) is 0 Å². The van der Waals surface area contributed by atoms with Gasteiger partial charge in [-0.25, -0.2) is 0 Å². The lowest BCUT2D eigenvalue weighted by molar-refractivity contribution is -0.150. The number of allylic oxidation sites excluding steroid dienone is 19. The van der Waals surface area contributed by atoms with Crippen molar-refractivity contribution in [1.29, 1.82) is 0 Å². The topological polar surface area (TPSA) is 95.9 Å². The van der Waals surface area contributed by atoms with Gasteiger partial charge < -0.3 is 20.3 Å². The summed E-state index contributed by atoms with van der Waals surface area (Å²) in [6, 6.07) is -0.749. The first-order valence-corrected chi connectivity index (χ1v) is 28.8. The number of esters is 1. The van der Waals surface area contributed by atoms with Gasteiger partial charge in [0.2, 0.25) is 5.91 Å². The normalized spacial score (nSPS) is 14.1. The molecule has 0 aromatic carbocycles. The fraction of sp³-hybridized carbons (Fsp3) is 0.656. The van der Waals surface area contributed by atoms with Crippen LogP contribution in [0.5, 0.6) is 0 Å². The van der Waals surface area contributed by atoms with Gasteiger partial charge in [-0.3, -0.25) is 9.59 Å². The van der Waals surface area contributed by atoms with Crippen molar-refractivity contribution >= 4 is 11.9 Å². The van der Waals surface area contributed by atoms with Crippen LogP contribution in [0.2, 0.25) is 0 Å². The first-order chi connectivity index (χ1) is 34.5. The highest BCUT2D eigenvalue weighted by Crippen LogP contribution is 2.16. The molecular weight excluding hydrogens is 863 g/mol. The fourth-order valence-corrected chi connectivity index (χ4v) is 8.01. The zero-order valence-corrected chi connectivity index (χ0v) is 45.4. The average molecular weight is 971 g/mol. The van der Waals surface area contributed by atoms with E-state index < -0.39 is 18.2 Å². The molecule has 0 saturated heterocycles. The Kier molecular flexibility index (Phi) is 53.2. The Morgan fingerprint density at radius 2 is 0.800 bits per heavy atom. The molecule has 0 aliphatic carbocycles. The molecule has 0 spiro atoms. The Morgan fingerprint density at radius 3 is 1.20 bits per heavy atom. The molecule has 3 unspecified atom stereocenters. The van der Waals surface area contributed by atoms with E-state index in [1.807, 2.05) is 12.2 Å². The smallest absolute Gasteiger partial charge is 0.306 e. The van der Waals surface area contributed by atoms with Crippen LogP contribution in [-0.4, -0.2) is 46.9 Å². The molecule has 0 saturated carbocycles.